The van der Waals surface area contributed by atoms with Crippen molar-refractivity contribution in [2.24, 2.45) is 0 Å². The maximum Gasteiger partial charge on any atom is 0.341 e. The van der Waals surface area contributed by atoms with Gasteiger partial charge < -0.3 is 15.4 Å². The summed E-state index contributed by atoms with van der Waals surface area (Å²) in [5.41, 5.74) is 3.44. The highest BCUT2D eigenvalue weighted by molar-refractivity contribution is 7.16. The fourth-order valence-corrected chi connectivity index (χ4v) is 4.56. The Bertz CT molecular complexity index is 919. The van der Waals surface area contributed by atoms with E-state index in [2.05, 4.69) is 16.7 Å². The summed E-state index contributed by atoms with van der Waals surface area (Å²) in [5.74, 6) is -1.20. The van der Waals surface area contributed by atoms with Gasteiger partial charge in [0.05, 0.1) is 11.6 Å². The van der Waals surface area contributed by atoms with Gasteiger partial charge in [0.2, 0.25) is 5.91 Å². The van der Waals surface area contributed by atoms with Crippen LogP contribution in [0.4, 0.5) is 5.00 Å². The van der Waals surface area contributed by atoms with Crippen LogP contribution in [0.1, 0.15) is 57.7 Å². The summed E-state index contributed by atoms with van der Waals surface area (Å²) < 4.78 is 5.24. The van der Waals surface area contributed by atoms with Gasteiger partial charge in [0.15, 0.2) is 6.61 Å². The highest BCUT2D eigenvalue weighted by Gasteiger charge is 2.24. The first-order valence-corrected chi connectivity index (χ1v) is 10.1. The molecule has 1 heterocycles. The van der Waals surface area contributed by atoms with Crippen molar-refractivity contribution < 1.29 is 19.1 Å². The van der Waals surface area contributed by atoms with Crippen molar-refractivity contribution in [3.63, 3.8) is 0 Å². The summed E-state index contributed by atoms with van der Waals surface area (Å²) in [7, 11) is 0. The molecule has 1 aromatic carbocycles. The summed E-state index contributed by atoms with van der Waals surface area (Å²) in [4.78, 5) is 37.2. The molecule has 1 aliphatic rings. The maximum atomic E-state index is 12.5. The van der Waals surface area contributed by atoms with Gasteiger partial charge in [-0.15, -0.1) is 11.3 Å². The number of hydrogen-bond donors (Lipinski definition) is 2. The molecule has 0 spiro atoms. The Hall–Kier alpha value is -2.67. The Morgan fingerprint density at radius 1 is 1.21 bits per heavy atom. The first-order chi connectivity index (χ1) is 13.4. The van der Waals surface area contributed by atoms with Crippen LogP contribution in [0.25, 0.3) is 0 Å². The van der Waals surface area contributed by atoms with E-state index >= 15 is 0 Å². The number of hydrogen-bond acceptors (Lipinski definition) is 5. The number of thiophene rings is 1. The standard InChI is InChI=1S/C21H24N2O4S/c1-12-13(2)28-20(22-14(3)24)19(12)21(26)27-11-18(25)23-17-10-6-8-15-7-4-5-9-16(15)17/h4-5,7,9,17H,6,8,10-11H2,1-3H3,(H,22,24)(H,23,25). The van der Waals surface area contributed by atoms with Gasteiger partial charge in [-0.1, -0.05) is 24.3 Å². The number of anilines is 1. The number of aryl methyl sites for hydroxylation is 2. The van der Waals surface area contributed by atoms with Gasteiger partial charge in [-0.05, 0) is 49.8 Å². The summed E-state index contributed by atoms with van der Waals surface area (Å²) in [6.07, 6.45) is 2.89. The Morgan fingerprint density at radius 2 is 1.96 bits per heavy atom. The van der Waals surface area contributed by atoms with Crippen LogP contribution in [0.3, 0.4) is 0 Å². The van der Waals surface area contributed by atoms with E-state index in [-0.39, 0.29) is 24.5 Å². The summed E-state index contributed by atoms with van der Waals surface area (Å²) >= 11 is 1.32. The Balaban J connectivity index is 1.63. The Morgan fingerprint density at radius 3 is 2.71 bits per heavy atom. The predicted octanol–water partition coefficient (Wildman–Crippen LogP) is 3.67. The molecule has 1 aliphatic carbocycles. The number of rotatable bonds is 5. The van der Waals surface area contributed by atoms with Crippen molar-refractivity contribution in [2.45, 2.75) is 46.1 Å². The largest absolute Gasteiger partial charge is 0.452 e. The summed E-state index contributed by atoms with van der Waals surface area (Å²) in [6, 6.07) is 8.02. The molecule has 148 valence electrons. The minimum absolute atomic E-state index is 0.0591. The zero-order valence-electron chi connectivity index (χ0n) is 16.3. The van der Waals surface area contributed by atoms with Crippen LogP contribution in [-0.2, 0) is 20.7 Å². The smallest absolute Gasteiger partial charge is 0.341 e. The molecule has 2 amide bonds. The SMILES string of the molecule is CC(=O)Nc1sc(C)c(C)c1C(=O)OCC(=O)NC1CCCc2ccccc21. The van der Waals surface area contributed by atoms with Crippen LogP contribution in [0.2, 0.25) is 0 Å². The van der Waals surface area contributed by atoms with Crippen LogP contribution >= 0.6 is 11.3 Å². The number of esters is 1. The summed E-state index contributed by atoms with van der Waals surface area (Å²) in [5, 5.41) is 6.08. The molecule has 3 rings (SSSR count). The van der Waals surface area contributed by atoms with Gasteiger partial charge in [0.1, 0.15) is 5.00 Å². The van der Waals surface area contributed by atoms with E-state index in [1.165, 1.54) is 23.8 Å². The second-order valence-corrected chi connectivity index (χ2v) is 8.18. The van der Waals surface area contributed by atoms with Crippen molar-refractivity contribution in [3.05, 3.63) is 51.4 Å². The lowest BCUT2D eigenvalue weighted by Crippen LogP contribution is -2.34. The second-order valence-electron chi connectivity index (χ2n) is 6.96. The average Bonchev–Trinajstić information content (AvgIpc) is 2.93. The monoisotopic (exact) mass is 400 g/mol. The molecule has 7 heteroatoms. The highest BCUT2D eigenvalue weighted by atomic mass is 32.1. The topological polar surface area (TPSA) is 84.5 Å². The lowest BCUT2D eigenvalue weighted by Gasteiger charge is -2.26. The fourth-order valence-electron chi connectivity index (χ4n) is 3.46. The molecule has 0 bridgehead atoms. The molecule has 2 aromatic rings. The van der Waals surface area contributed by atoms with Crippen LogP contribution in [0.15, 0.2) is 24.3 Å². The molecule has 1 unspecified atom stereocenters. The molecule has 6 nitrogen and oxygen atoms in total. The third kappa shape index (κ3) is 4.42. The number of amides is 2. The highest BCUT2D eigenvalue weighted by Crippen LogP contribution is 2.33. The number of benzene rings is 1. The molecule has 1 atom stereocenters. The Kier molecular flexibility index (Phi) is 6.14. The molecule has 28 heavy (non-hydrogen) atoms. The third-order valence-corrected chi connectivity index (χ3v) is 6.04. The summed E-state index contributed by atoms with van der Waals surface area (Å²) in [6.45, 7) is 4.70. The van der Waals surface area contributed by atoms with Crippen molar-refractivity contribution in [3.8, 4) is 0 Å². The zero-order valence-corrected chi connectivity index (χ0v) is 17.1. The molecule has 0 radical (unpaired) electrons. The first-order valence-electron chi connectivity index (χ1n) is 9.28. The minimum Gasteiger partial charge on any atom is -0.452 e. The zero-order chi connectivity index (χ0) is 20.3. The lowest BCUT2D eigenvalue weighted by molar-refractivity contribution is -0.125. The molecular formula is C21H24N2O4S. The van der Waals surface area contributed by atoms with Crippen LogP contribution in [0, 0.1) is 13.8 Å². The van der Waals surface area contributed by atoms with Gasteiger partial charge in [0, 0.05) is 11.8 Å². The number of fused-ring (bicyclic) bond motifs is 1. The molecular weight excluding hydrogens is 376 g/mol. The molecule has 0 aliphatic heterocycles. The van der Waals surface area contributed by atoms with Crippen LogP contribution in [-0.4, -0.2) is 24.4 Å². The normalized spacial score (nSPS) is 15.5. The van der Waals surface area contributed by atoms with E-state index < -0.39 is 5.97 Å². The molecule has 0 saturated heterocycles. The maximum absolute atomic E-state index is 12.5. The Labute approximate surface area is 168 Å². The van der Waals surface area contributed by atoms with Gasteiger partial charge in [-0.2, -0.15) is 0 Å². The molecule has 2 N–H and O–H groups in total. The minimum atomic E-state index is -0.607. The molecule has 1 aromatic heterocycles. The van der Waals surface area contributed by atoms with E-state index in [4.69, 9.17) is 4.74 Å². The average molecular weight is 401 g/mol. The number of nitrogens with one attached hydrogen (secondary N) is 2. The van der Waals surface area contributed by atoms with E-state index in [9.17, 15) is 14.4 Å². The fraction of sp³-hybridized carbons (Fsp3) is 0.381. The predicted molar refractivity (Wildman–Crippen MR) is 109 cm³/mol. The van der Waals surface area contributed by atoms with Crippen molar-refractivity contribution >= 4 is 34.1 Å². The van der Waals surface area contributed by atoms with E-state index in [0.29, 0.717) is 10.6 Å². The van der Waals surface area contributed by atoms with Crippen LogP contribution < -0.4 is 10.6 Å². The number of carbonyl (C=O) groups excluding carboxylic acids is 3. The van der Waals surface area contributed by atoms with Crippen molar-refractivity contribution in [2.75, 3.05) is 11.9 Å². The van der Waals surface area contributed by atoms with Gasteiger partial charge in [0.25, 0.3) is 5.91 Å². The second kappa shape index (κ2) is 8.56. The quantitative estimate of drug-likeness (QED) is 0.750. The van der Waals surface area contributed by atoms with Crippen molar-refractivity contribution in [1.82, 2.24) is 5.32 Å². The van der Waals surface area contributed by atoms with Gasteiger partial charge in [-0.3, -0.25) is 9.59 Å². The van der Waals surface area contributed by atoms with Crippen LogP contribution in [0.5, 0.6) is 0 Å². The lowest BCUT2D eigenvalue weighted by atomic mass is 9.88. The van der Waals surface area contributed by atoms with Gasteiger partial charge in [-0.25, -0.2) is 4.79 Å². The van der Waals surface area contributed by atoms with E-state index in [1.807, 2.05) is 25.1 Å². The molecule has 0 fully saturated rings. The first kappa shape index (κ1) is 20.1. The van der Waals surface area contributed by atoms with E-state index in [1.54, 1.807) is 6.92 Å². The van der Waals surface area contributed by atoms with Crippen molar-refractivity contribution in [1.29, 1.82) is 0 Å². The number of ether oxygens (including phenoxy) is 1. The van der Waals surface area contributed by atoms with Gasteiger partial charge >= 0.3 is 5.97 Å². The van der Waals surface area contributed by atoms with E-state index in [0.717, 1.165) is 35.3 Å². The number of carbonyl (C=O) groups is 3. The molecule has 0 saturated carbocycles. The third-order valence-electron chi connectivity index (χ3n) is 4.92.